The smallest absolute Gasteiger partial charge is 0.0642 e. The summed E-state index contributed by atoms with van der Waals surface area (Å²) in [4.78, 5) is 2.23. The third kappa shape index (κ3) is 4.20. The average Bonchev–Trinajstić information content (AvgIpc) is 2.38. The van der Waals surface area contributed by atoms with Crippen molar-refractivity contribution in [2.45, 2.75) is 26.4 Å². The summed E-state index contributed by atoms with van der Waals surface area (Å²) >= 11 is 6.37. The molecule has 1 heterocycles. The molecule has 1 aromatic carbocycles. The summed E-state index contributed by atoms with van der Waals surface area (Å²) < 4.78 is 11.4. The number of anilines is 1. The highest BCUT2D eigenvalue weighted by Crippen LogP contribution is 2.27. The van der Waals surface area contributed by atoms with Crippen molar-refractivity contribution in [3.8, 4) is 0 Å². The van der Waals surface area contributed by atoms with E-state index in [9.17, 15) is 4.21 Å². The quantitative estimate of drug-likeness (QED) is 0.927. The fourth-order valence-corrected chi connectivity index (χ4v) is 3.49. The molecule has 106 valence electrons. The Kier molecular flexibility index (Phi) is 5.25. The van der Waals surface area contributed by atoms with Gasteiger partial charge in [0.05, 0.1) is 10.7 Å². The number of halogens is 1. The standard InChI is InChI=1S/C14H21ClN2OS/c1-11(2)16-10-12-3-4-14(13(15)9-12)17-5-7-19(18)8-6-17/h3-4,9,11,16H,5-8,10H2,1-2H3. The predicted octanol–water partition coefficient (Wildman–Crippen LogP) is 2.41. The van der Waals surface area contributed by atoms with Crippen molar-refractivity contribution in [1.29, 1.82) is 0 Å². The highest BCUT2D eigenvalue weighted by molar-refractivity contribution is 7.85. The molecular weight excluding hydrogens is 280 g/mol. The molecule has 0 saturated carbocycles. The predicted molar refractivity (Wildman–Crippen MR) is 83.5 cm³/mol. The Balaban J connectivity index is 2.04. The highest BCUT2D eigenvalue weighted by Gasteiger charge is 2.17. The van der Waals surface area contributed by atoms with Crippen LogP contribution in [-0.2, 0) is 17.3 Å². The molecule has 1 N–H and O–H groups in total. The first-order valence-corrected chi connectivity index (χ1v) is 8.54. The summed E-state index contributed by atoms with van der Waals surface area (Å²) in [5, 5.41) is 4.17. The summed E-state index contributed by atoms with van der Waals surface area (Å²) in [6.45, 7) is 6.75. The molecule has 0 amide bonds. The molecule has 0 spiro atoms. The molecule has 1 aliphatic rings. The van der Waals surface area contributed by atoms with Crippen molar-refractivity contribution in [1.82, 2.24) is 5.32 Å². The molecule has 1 saturated heterocycles. The van der Waals surface area contributed by atoms with Crippen LogP contribution in [0.15, 0.2) is 18.2 Å². The Labute approximate surface area is 122 Å². The average molecular weight is 301 g/mol. The molecule has 0 unspecified atom stereocenters. The Hall–Kier alpha value is -0.580. The lowest BCUT2D eigenvalue weighted by molar-refractivity contribution is 0.589. The Morgan fingerprint density at radius 3 is 2.63 bits per heavy atom. The summed E-state index contributed by atoms with van der Waals surface area (Å²) in [5.41, 5.74) is 2.26. The van der Waals surface area contributed by atoms with Crippen molar-refractivity contribution >= 4 is 28.1 Å². The third-order valence-electron chi connectivity index (χ3n) is 3.24. The zero-order chi connectivity index (χ0) is 13.8. The van der Waals surface area contributed by atoms with E-state index in [2.05, 4.69) is 36.2 Å². The van der Waals surface area contributed by atoms with Crippen LogP contribution in [0, 0.1) is 0 Å². The maximum Gasteiger partial charge on any atom is 0.0642 e. The van der Waals surface area contributed by atoms with Crippen LogP contribution >= 0.6 is 11.6 Å². The van der Waals surface area contributed by atoms with Crippen molar-refractivity contribution in [3.05, 3.63) is 28.8 Å². The lowest BCUT2D eigenvalue weighted by Crippen LogP contribution is -2.37. The normalized spacial score (nSPS) is 17.2. The van der Waals surface area contributed by atoms with Gasteiger partial charge in [0.1, 0.15) is 0 Å². The molecule has 1 aliphatic heterocycles. The molecule has 5 heteroatoms. The van der Waals surface area contributed by atoms with Gasteiger partial charge in [-0.15, -0.1) is 0 Å². The molecule has 1 aromatic rings. The molecule has 0 aromatic heterocycles. The first-order chi connectivity index (χ1) is 9.06. The lowest BCUT2D eigenvalue weighted by atomic mass is 10.2. The molecule has 3 nitrogen and oxygen atoms in total. The first-order valence-electron chi connectivity index (χ1n) is 6.68. The molecule has 19 heavy (non-hydrogen) atoms. The number of hydrogen-bond donors (Lipinski definition) is 1. The second-order valence-electron chi connectivity index (χ2n) is 5.16. The van der Waals surface area contributed by atoms with Crippen LogP contribution in [0.5, 0.6) is 0 Å². The van der Waals surface area contributed by atoms with Crippen LogP contribution in [0.1, 0.15) is 19.4 Å². The third-order valence-corrected chi connectivity index (χ3v) is 4.82. The van der Waals surface area contributed by atoms with E-state index in [-0.39, 0.29) is 0 Å². The van der Waals surface area contributed by atoms with Crippen molar-refractivity contribution in [2.75, 3.05) is 29.5 Å². The van der Waals surface area contributed by atoms with Gasteiger partial charge >= 0.3 is 0 Å². The summed E-state index contributed by atoms with van der Waals surface area (Å²) in [6, 6.07) is 6.68. The molecule has 0 radical (unpaired) electrons. The van der Waals surface area contributed by atoms with Gasteiger partial charge in [0.2, 0.25) is 0 Å². The van der Waals surface area contributed by atoms with Gasteiger partial charge in [0.25, 0.3) is 0 Å². The second-order valence-corrected chi connectivity index (χ2v) is 7.26. The number of rotatable bonds is 4. The van der Waals surface area contributed by atoms with Gasteiger partial charge in [-0.2, -0.15) is 0 Å². The highest BCUT2D eigenvalue weighted by atomic mass is 35.5. The maximum absolute atomic E-state index is 11.4. The lowest BCUT2D eigenvalue weighted by Gasteiger charge is -2.29. The van der Waals surface area contributed by atoms with E-state index in [4.69, 9.17) is 11.6 Å². The van der Waals surface area contributed by atoms with Crippen molar-refractivity contribution in [2.24, 2.45) is 0 Å². The van der Waals surface area contributed by atoms with Crippen molar-refractivity contribution < 1.29 is 4.21 Å². The first kappa shape index (κ1) is 14.8. The van der Waals surface area contributed by atoms with Gasteiger partial charge in [-0.05, 0) is 17.7 Å². The van der Waals surface area contributed by atoms with Crippen LogP contribution in [-0.4, -0.2) is 34.8 Å². The summed E-state index contributed by atoms with van der Waals surface area (Å²) in [5.74, 6) is 1.49. The van der Waals surface area contributed by atoms with Crippen LogP contribution < -0.4 is 10.2 Å². The number of benzene rings is 1. The Morgan fingerprint density at radius 2 is 2.05 bits per heavy atom. The van der Waals surface area contributed by atoms with Crippen LogP contribution in [0.2, 0.25) is 5.02 Å². The van der Waals surface area contributed by atoms with E-state index in [1.807, 2.05) is 6.07 Å². The summed E-state index contributed by atoms with van der Waals surface area (Å²) in [7, 11) is -0.649. The minimum absolute atomic E-state index is 0.468. The van der Waals surface area contributed by atoms with Gasteiger partial charge < -0.3 is 10.2 Å². The molecular formula is C14H21ClN2OS. The van der Waals surface area contributed by atoms with E-state index in [0.29, 0.717) is 6.04 Å². The van der Waals surface area contributed by atoms with E-state index in [1.54, 1.807) is 0 Å². The monoisotopic (exact) mass is 300 g/mol. The van der Waals surface area contributed by atoms with Crippen LogP contribution in [0.3, 0.4) is 0 Å². The number of nitrogens with zero attached hydrogens (tertiary/aromatic N) is 1. The summed E-state index contributed by atoms with van der Waals surface area (Å²) in [6.07, 6.45) is 0. The van der Waals surface area contributed by atoms with Gasteiger partial charge in [0, 0.05) is 48.0 Å². The zero-order valence-corrected chi connectivity index (χ0v) is 13.1. The SMILES string of the molecule is CC(C)NCc1ccc(N2CCS(=O)CC2)c(Cl)c1. The fraction of sp³-hybridized carbons (Fsp3) is 0.571. The van der Waals surface area contributed by atoms with E-state index >= 15 is 0 Å². The largest absolute Gasteiger partial charge is 0.368 e. The Morgan fingerprint density at radius 1 is 1.37 bits per heavy atom. The Bertz CT molecular complexity index is 455. The molecule has 0 bridgehead atoms. The molecule has 0 atom stereocenters. The van der Waals surface area contributed by atoms with Gasteiger partial charge in [-0.25, -0.2) is 0 Å². The molecule has 2 rings (SSSR count). The van der Waals surface area contributed by atoms with E-state index in [0.717, 1.165) is 41.8 Å². The number of hydrogen-bond acceptors (Lipinski definition) is 3. The minimum atomic E-state index is -0.649. The topological polar surface area (TPSA) is 32.3 Å². The van der Waals surface area contributed by atoms with E-state index < -0.39 is 10.8 Å². The van der Waals surface area contributed by atoms with Crippen LogP contribution in [0.4, 0.5) is 5.69 Å². The number of nitrogens with one attached hydrogen (secondary N) is 1. The fourth-order valence-electron chi connectivity index (χ4n) is 2.12. The maximum atomic E-state index is 11.4. The van der Waals surface area contributed by atoms with Gasteiger partial charge in [-0.1, -0.05) is 31.5 Å². The zero-order valence-electron chi connectivity index (χ0n) is 11.5. The minimum Gasteiger partial charge on any atom is -0.368 e. The van der Waals surface area contributed by atoms with Crippen LogP contribution in [0.25, 0.3) is 0 Å². The van der Waals surface area contributed by atoms with Crippen molar-refractivity contribution in [3.63, 3.8) is 0 Å². The molecule has 1 fully saturated rings. The van der Waals surface area contributed by atoms with E-state index in [1.165, 1.54) is 5.56 Å². The second kappa shape index (κ2) is 6.73. The van der Waals surface area contributed by atoms with Gasteiger partial charge in [-0.3, -0.25) is 4.21 Å². The molecule has 0 aliphatic carbocycles. The van der Waals surface area contributed by atoms with Gasteiger partial charge in [0.15, 0.2) is 0 Å².